The van der Waals surface area contributed by atoms with Crippen molar-refractivity contribution in [2.24, 2.45) is 5.92 Å². The molecular formula is C29H44ClN3O4. The fourth-order valence-corrected chi connectivity index (χ4v) is 4.26. The minimum Gasteiger partial charge on any atom is -0.507 e. The summed E-state index contributed by atoms with van der Waals surface area (Å²) in [6, 6.07) is 3.75. The molecule has 0 aliphatic heterocycles. The molecule has 2 N–H and O–H groups in total. The molecule has 37 heavy (non-hydrogen) atoms. The number of rotatable bonds is 9. The van der Waals surface area contributed by atoms with Gasteiger partial charge in [0.25, 0.3) is 0 Å². The van der Waals surface area contributed by atoms with Crippen molar-refractivity contribution in [3.63, 3.8) is 0 Å². The average molecular weight is 534 g/mol. The largest absolute Gasteiger partial charge is 0.507 e. The average Bonchev–Trinajstić information content (AvgIpc) is 3.12. The minimum atomic E-state index is -0.567. The summed E-state index contributed by atoms with van der Waals surface area (Å²) in [5.41, 5.74) is 1.79. The summed E-state index contributed by atoms with van der Waals surface area (Å²) < 4.78 is 8.32. The minimum absolute atomic E-state index is 0. The first-order valence-electron chi connectivity index (χ1n) is 12.8. The van der Waals surface area contributed by atoms with Crippen LogP contribution in [-0.2, 0) is 31.7 Å². The fourth-order valence-electron chi connectivity index (χ4n) is 4.26. The fraction of sp³-hybridized carbons (Fsp3) is 0.552. The summed E-state index contributed by atoms with van der Waals surface area (Å²) >= 11 is 0. The normalized spacial score (nSPS) is 12.4. The van der Waals surface area contributed by atoms with Gasteiger partial charge in [-0.25, -0.2) is 4.79 Å². The lowest BCUT2D eigenvalue weighted by Crippen LogP contribution is -2.30. The van der Waals surface area contributed by atoms with E-state index in [1.807, 2.05) is 67.5 Å². The van der Waals surface area contributed by atoms with Crippen LogP contribution in [0.5, 0.6) is 5.75 Å². The van der Waals surface area contributed by atoms with Gasteiger partial charge in [0.2, 0.25) is 5.62 Å². The summed E-state index contributed by atoms with van der Waals surface area (Å²) in [5, 5.41) is 19.8. The molecule has 206 valence electrons. The van der Waals surface area contributed by atoms with Gasteiger partial charge < -0.3 is 14.4 Å². The lowest BCUT2D eigenvalue weighted by molar-refractivity contribution is -0.136. The van der Waals surface area contributed by atoms with E-state index < -0.39 is 5.97 Å². The van der Waals surface area contributed by atoms with E-state index in [0.717, 1.165) is 29.5 Å². The lowest BCUT2D eigenvalue weighted by atomic mass is 9.78. The molecule has 0 atom stereocenters. The number of esters is 1. The van der Waals surface area contributed by atoms with Gasteiger partial charge in [0.1, 0.15) is 11.4 Å². The Morgan fingerprint density at radius 2 is 1.51 bits per heavy atom. The summed E-state index contributed by atoms with van der Waals surface area (Å²) in [7, 11) is 0. The monoisotopic (exact) mass is 533 g/mol. The lowest BCUT2D eigenvalue weighted by Gasteiger charge is -2.28. The van der Waals surface area contributed by atoms with E-state index in [4.69, 9.17) is 10.1 Å². The summed E-state index contributed by atoms with van der Waals surface area (Å²) in [6.07, 6.45) is 6.46. The number of aromatic hydroxyl groups is 1. The van der Waals surface area contributed by atoms with E-state index >= 15 is 0 Å². The number of benzene rings is 1. The van der Waals surface area contributed by atoms with Gasteiger partial charge in [0.15, 0.2) is 5.78 Å². The molecular weight excluding hydrogens is 490 g/mol. The summed E-state index contributed by atoms with van der Waals surface area (Å²) in [4.78, 5) is 25.7. The molecule has 0 spiro atoms. The second-order valence-corrected chi connectivity index (χ2v) is 11.3. The van der Waals surface area contributed by atoms with Crippen molar-refractivity contribution in [3.8, 4) is 5.75 Å². The highest BCUT2D eigenvalue weighted by Gasteiger charge is 2.27. The Morgan fingerprint density at radius 3 is 1.95 bits per heavy atom. The molecule has 0 amide bonds. The number of phenols is 1. The number of Topliss-reactive ketones (excluding diaryl/α,β-unsaturated/α-hetero) is 1. The molecule has 0 aliphatic rings. The van der Waals surface area contributed by atoms with Crippen LogP contribution in [0, 0.1) is 11.3 Å². The molecule has 2 aromatic rings. The Bertz CT molecular complexity index is 1150. The number of hydrogen-bond donors (Lipinski definition) is 2. The van der Waals surface area contributed by atoms with Crippen LogP contribution >= 0.6 is 12.4 Å². The van der Waals surface area contributed by atoms with Crippen LogP contribution in [0.2, 0.25) is 0 Å². The second kappa shape index (κ2) is 12.6. The molecule has 0 saturated heterocycles. The van der Waals surface area contributed by atoms with Crippen molar-refractivity contribution in [2.75, 3.05) is 6.61 Å². The first kappa shape index (κ1) is 32.2. The number of aromatic nitrogens is 2. The number of ketones is 1. The molecule has 1 heterocycles. The van der Waals surface area contributed by atoms with Crippen LogP contribution < -0.4 is 5.62 Å². The van der Waals surface area contributed by atoms with Crippen LogP contribution in [0.15, 0.2) is 24.5 Å². The van der Waals surface area contributed by atoms with Crippen LogP contribution in [0.25, 0.3) is 11.8 Å². The highest BCUT2D eigenvalue weighted by molar-refractivity contribution is 6.15. The predicted molar refractivity (Wildman–Crippen MR) is 151 cm³/mol. The molecule has 7 nitrogen and oxygen atoms in total. The van der Waals surface area contributed by atoms with E-state index in [9.17, 15) is 14.7 Å². The molecule has 0 aliphatic carbocycles. The van der Waals surface area contributed by atoms with Crippen molar-refractivity contribution >= 4 is 35.9 Å². The first-order valence-corrected chi connectivity index (χ1v) is 12.8. The zero-order chi connectivity index (χ0) is 27.4. The highest BCUT2D eigenvalue weighted by atomic mass is 35.5. The number of carbonyl (C=O) groups is 2. The van der Waals surface area contributed by atoms with E-state index in [1.54, 1.807) is 30.0 Å². The van der Waals surface area contributed by atoms with Crippen molar-refractivity contribution in [2.45, 2.75) is 92.5 Å². The van der Waals surface area contributed by atoms with E-state index in [2.05, 4.69) is 0 Å². The van der Waals surface area contributed by atoms with Gasteiger partial charge in [-0.1, -0.05) is 55.4 Å². The number of ether oxygens (including phenoxy) is 1. The molecule has 8 heteroatoms. The molecule has 0 bridgehead atoms. The molecule has 0 fully saturated rings. The van der Waals surface area contributed by atoms with Gasteiger partial charge in [-0.15, -0.1) is 12.4 Å². The Morgan fingerprint density at radius 1 is 1.00 bits per heavy atom. The van der Waals surface area contributed by atoms with Gasteiger partial charge in [0, 0.05) is 29.4 Å². The number of imidazole rings is 1. The molecule has 0 radical (unpaired) electrons. The maximum Gasteiger partial charge on any atom is 0.355 e. The predicted octanol–water partition coefficient (Wildman–Crippen LogP) is 6.06. The zero-order valence-electron chi connectivity index (χ0n) is 23.8. The maximum atomic E-state index is 13.0. The Hall–Kier alpha value is -2.80. The van der Waals surface area contributed by atoms with Crippen molar-refractivity contribution in [3.05, 3.63) is 46.8 Å². The van der Waals surface area contributed by atoms with Gasteiger partial charge in [-0.3, -0.25) is 14.8 Å². The zero-order valence-corrected chi connectivity index (χ0v) is 24.6. The first-order chi connectivity index (χ1) is 16.6. The molecule has 1 aromatic heterocycles. The van der Waals surface area contributed by atoms with Gasteiger partial charge >= 0.3 is 5.97 Å². The SMILES string of the molecule is CCOC(=O)/C(=C/c1cc(C(C)(C)C)c(O)c(C(C)(C)C)c1)n1ccn(CC(=O)C(CC)CC)c1=N.Cl. The Kier molecular flexibility index (Phi) is 11.0. The molecule has 1 aromatic carbocycles. The van der Waals surface area contributed by atoms with Crippen LogP contribution in [0.1, 0.15) is 91.8 Å². The number of hydrogen-bond acceptors (Lipinski definition) is 5. The van der Waals surface area contributed by atoms with Crippen molar-refractivity contribution < 1.29 is 19.4 Å². The van der Waals surface area contributed by atoms with Gasteiger partial charge in [0.05, 0.1) is 13.2 Å². The number of carbonyl (C=O) groups excluding carboxylic acids is 2. The summed E-state index contributed by atoms with van der Waals surface area (Å²) in [5.74, 6) is -0.294. The van der Waals surface area contributed by atoms with Crippen LogP contribution in [-0.4, -0.2) is 32.6 Å². The number of nitrogens with zero attached hydrogens (tertiary/aromatic N) is 2. The Labute approximate surface area is 227 Å². The number of nitrogens with one attached hydrogen (secondary N) is 1. The number of halogens is 1. The van der Waals surface area contributed by atoms with Gasteiger partial charge in [-0.05, 0) is 54.4 Å². The highest BCUT2D eigenvalue weighted by Crippen LogP contribution is 2.40. The third-order valence-electron chi connectivity index (χ3n) is 6.46. The Balaban J connectivity index is 0.00000684. The summed E-state index contributed by atoms with van der Waals surface area (Å²) in [6.45, 7) is 18.2. The topological polar surface area (TPSA) is 97.3 Å². The molecule has 0 unspecified atom stereocenters. The second-order valence-electron chi connectivity index (χ2n) is 11.3. The van der Waals surface area contributed by atoms with E-state index in [-0.39, 0.29) is 65.2 Å². The van der Waals surface area contributed by atoms with Gasteiger partial charge in [-0.2, -0.15) is 0 Å². The van der Waals surface area contributed by atoms with Crippen LogP contribution in [0.4, 0.5) is 0 Å². The third-order valence-corrected chi connectivity index (χ3v) is 6.46. The van der Waals surface area contributed by atoms with Crippen molar-refractivity contribution in [1.82, 2.24) is 9.13 Å². The maximum absolute atomic E-state index is 13.0. The molecule has 0 saturated carbocycles. The smallest absolute Gasteiger partial charge is 0.355 e. The van der Waals surface area contributed by atoms with Crippen molar-refractivity contribution in [1.29, 1.82) is 5.41 Å². The number of phenolic OH excluding ortho intramolecular Hbond substituents is 1. The quantitative estimate of drug-likeness (QED) is 0.302. The standard InChI is InChI=1S/C29H43N3O4.ClH/c1-10-20(11-2)24(33)18-31-13-14-32(27(31)30)23(26(35)36-12-3)17-19-15-21(28(4,5)6)25(34)22(16-19)29(7,8)9;/h13-17,20,30,34H,10-12,18H2,1-9H3;1H/b23-17-,30-27?;. The van der Waals surface area contributed by atoms with E-state index in [0.29, 0.717) is 0 Å². The third kappa shape index (κ3) is 7.60. The van der Waals surface area contributed by atoms with Crippen LogP contribution in [0.3, 0.4) is 0 Å². The molecule has 2 rings (SSSR count). The van der Waals surface area contributed by atoms with E-state index in [1.165, 1.54) is 4.57 Å².